The van der Waals surface area contributed by atoms with Crippen molar-refractivity contribution in [3.8, 4) is 0 Å². The van der Waals surface area contributed by atoms with E-state index in [0.29, 0.717) is 12.0 Å². The highest BCUT2D eigenvalue weighted by molar-refractivity contribution is 5.73. The Balaban J connectivity index is 1.97. The topological polar surface area (TPSA) is 3.24 Å². The Hall–Kier alpha value is -2.02. The summed E-state index contributed by atoms with van der Waals surface area (Å²) >= 11 is 0. The molecule has 0 saturated heterocycles. The third kappa shape index (κ3) is 3.06. The van der Waals surface area contributed by atoms with Gasteiger partial charge in [-0.25, -0.2) is 0 Å². The van der Waals surface area contributed by atoms with Crippen LogP contribution in [0.2, 0.25) is 0 Å². The van der Waals surface area contributed by atoms with Crippen LogP contribution in [0.3, 0.4) is 0 Å². The number of fused-ring (bicyclic) bond motifs is 1. The van der Waals surface area contributed by atoms with E-state index in [9.17, 15) is 0 Å². The Bertz CT molecular complexity index is 721. The maximum absolute atomic E-state index is 2.39. The fourth-order valence-electron chi connectivity index (χ4n) is 3.56. The molecule has 0 amide bonds. The summed E-state index contributed by atoms with van der Waals surface area (Å²) in [5.41, 5.74) is 8.14. The van der Waals surface area contributed by atoms with Crippen molar-refractivity contribution in [2.24, 2.45) is 0 Å². The van der Waals surface area contributed by atoms with Gasteiger partial charge in [0.05, 0.1) is 6.04 Å². The third-order valence-electron chi connectivity index (χ3n) is 5.07. The fraction of sp³-hybridized carbons (Fsp3) is 0.364. The number of hydrogen-bond acceptors (Lipinski definition) is 1. The highest BCUT2D eigenvalue weighted by atomic mass is 15.1. The number of aryl methyl sites for hydroxylation is 2. The van der Waals surface area contributed by atoms with Crippen molar-refractivity contribution in [1.29, 1.82) is 0 Å². The number of hydrogen-bond donors (Lipinski definition) is 0. The number of anilines is 1. The van der Waals surface area contributed by atoms with Crippen molar-refractivity contribution < 1.29 is 0 Å². The minimum absolute atomic E-state index is 0.315. The Morgan fingerprint density at radius 2 is 1.74 bits per heavy atom. The van der Waals surface area contributed by atoms with Gasteiger partial charge in [-0.2, -0.15) is 0 Å². The van der Waals surface area contributed by atoms with Crippen molar-refractivity contribution in [1.82, 2.24) is 0 Å². The van der Waals surface area contributed by atoms with Crippen LogP contribution in [0.5, 0.6) is 0 Å². The third-order valence-corrected chi connectivity index (χ3v) is 5.07. The molecule has 2 unspecified atom stereocenters. The van der Waals surface area contributed by atoms with Gasteiger partial charge in [0.2, 0.25) is 0 Å². The van der Waals surface area contributed by atoms with E-state index in [4.69, 9.17) is 0 Å². The maximum Gasteiger partial charge on any atom is 0.0727 e. The summed E-state index contributed by atoms with van der Waals surface area (Å²) in [4.78, 5) is 2.39. The van der Waals surface area contributed by atoms with Crippen LogP contribution in [0, 0.1) is 13.8 Å². The largest absolute Gasteiger partial charge is 0.364 e. The highest BCUT2D eigenvalue weighted by Gasteiger charge is 2.21. The second kappa shape index (κ2) is 6.23. The summed E-state index contributed by atoms with van der Waals surface area (Å²) in [5, 5.41) is 0. The average molecular weight is 305 g/mol. The summed E-state index contributed by atoms with van der Waals surface area (Å²) in [6, 6.07) is 14.1. The predicted molar refractivity (Wildman–Crippen MR) is 101 cm³/mol. The number of nitrogens with zero attached hydrogens (tertiary/aromatic N) is 1. The van der Waals surface area contributed by atoms with Gasteiger partial charge in [-0.05, 0) is 55.0 Å². The molecule has 0 aliphatic carbocycles. The quantitative estimate of drug-likeness (QED) is 0.670. The molecule has 120 valence electrons. The van der Waals surface area contributed by atoms with Crippen LogP contribution in [-0.2, 0) is 0 Å². The molecule has 1 heteroatoms. The number of rotatable bonds is 3. The Labute approximate surface area is 140 Å². The standard InChI is InChI=1S/C22H27N/c1-6-17(4)18-7-9-21-19(14-18)8-10-22(23(21)5)20-12-15(2)11-16(3)13-20/h7-14,17,22H,6H2,1-5H3. The van der Waals surface area contributed by atoms with Crippen LogP contribution >= 0.6 is 0 Å². The molecule has 0 aromatic heterocycles. The molecule has 2 aromatic rings. The monoisotopic (exact) mass is 305 g/mol. The van der Waals surface area contributed by atoms with Crippen molar-refractivity contribution >= 4 is 11.8 Å². The van der Waals surface area contributed by atoms with Gasteiger partial charge in [-0.15, -0.1) is 0 Å². The molecule has 0 spiro atoms. The first-order chi connectivity index (χ1) is 11.0. The summed E-state index contributed by atoms with van der Waals surface area (Å²) in [6.45, 7) is 8.91. The van der Waals surface area contributed by atoms with Crippen LogP contribution in [-0.4, -0.2) is 7.05 Å². The molecular weight excluding hydrogens is 278 g/mol. The molecule has 1 heterocycles. The molecule has 0 N–H and O–H groups in total. The molecular formula is C22H27N. The van der Waals surface area contributed by atoms with Crippen molar-refractivity contribution in [2.75, 3.05) is 11.9 Å². The van der Waals surface area contributed by atoms with Crippen LogP contribution < -0.4 is 4.90 Å². The van der Waals surface area contributed by atoms with Gasteiger partial charge in [-0.1, -0.05) is 61.4 Å². The van der Waals surface area contributed by atoms with Crippen LogP contribution in [0.1, 0.15) is 60.0 Å². The molecule has 0 radical (unpaired) electrons. The lowest BCUT2D eigenvalue weighted by molar-refractivity contribution is 0.731. The van der Waals surface area contributed by atoms with Crippen LogP contribution in [0.15, 0.2) is 42.5 Å². The molecule has 0 saturated carbocycles. The van der Waals surface area contributed by atoms with Crippen LogP contribution in [0.25, 0.3) is 6.08 Å². The summed E-state index contributed by atoms with van der Waals surface area (Å²) in [7, 11) is 2.20. The molecule has 3 rings (SSSR count). The van der Waals surface area contributed by atoms with Crippen molar-refractivity contribution in [3.05, 3.63) is 70.3 Å². The zero-order chi connectivity index (χ0) is 16.6. The highest BCUT2D eigenvalue weighted by Crippen LogP contribution is 2.37. The summed E-state index contributed by atoms with van der Waals surface area (Å²) in [5.74, 6) is 0.621. The molecule has 0 bridgehead atoms. The Morgan fingerprint density at radius 1 is 1.04 bits per heavy atom. The predicted octanol–water partition coefficient (Wildman–Crippen LogP) is 6.02. The summed E-state index contributed by atoms with van der Waals surface area (Å²) in [6.07, 6.45) is 5.81. The maximum atomic E-state index is 2.39. The van der Waals surface area contributed by atoms with Crippen molar-refractivity contribution in [3.63, 3.8) is 0 Å². The van der Waals surface area contributed by atoms with E-state index in [1.165, 1.54) is 39.9 Å². The van der Waals surface area contributed by atoms with Gasteiger partial charge in [0.1, 0.15) is 0 Å². The molecule has 1 aliphatic rings. The first-order valence-electron chi connectivity index (χ1n) is 8.62. The van der Waals surface area contributed by atoms with Gasteiger partial charge in [-0.3, -0.25) is 0 Å². The van der Waals surface area contributed by atoms with E-state index in [-0.39, 0.29) is 0 Å². The number of likely N-dealkylation sites (N-methyl/N-ethyl adjacent to an activating group) is 1. The first kappa shape index (κ1) is 15.9. The minimum atomic E-state index is 0.315. The fourth-order valence-corrected chi connectivity index (χ4v) is 3.56. The normalized spacial score (nSPS) is 18.0. The Kier molecular flexibility index (Phi) is 4.30. The molecule has 1 aliphatic heterocycles. The van der Waals surface area contributed by atoms with E-state index in [2.05, 4.69) is 88.2 Å². The SMILES string of the molecule is CCC(C)c1ccc2c(c1)C=CC(c1cc(C)cc(C)c1)N2C. The molecule has 23 heavy (non-hydrogen) atoms. The molecule has 2 aromatic carbocycles. The Morgan fingerprint density at radius 3 is 2.39 bits per heavy atom. The van der Waals surface area contributed by atoms with E-state index in [1.807, 2.05) is 0 Å². The summed E-state index contributed by atoms with van der Waals surface area (Å²) < 4.78 is 0. The average Bonchev–Trinajstić information content (AvgIpc) is 2.53. The van der Waals surface area contributed by atoms with Gasteiger partial charge in [0.15, 0.2) is 0 Å². The zero-order valence-corrected chi connectivity index (χ0v) is 14.9. The van der Waals surface area contributed by atoms with Crippen molar-refractivity contribution in [2.45, 2.75) is 46.1 Å². The lowest BCUT2D eigenvalue weighted by Gasteiger charge is -2.33. The van der Waals surface area contributed by atoms with Gasteiger partial charge >= 0.3 is 0 Å². The van der Waals surface area contributed by atoms with Gasteiger partial charge in [0, 0.05) is 12.7 Å². The zero-order valence-electron chi connectivity index (χ0n) is 14.9. The lowest BCUT2D eigenvalue weighted by Crippen LogP contribution is -2.25. The van der Waals surface area contributed by atoms with Crippen LogP contribution in [0.4, 0.5) is 5.69 Å². The lowest BCUT2D eigenvalue weighted by atomic mass is 9.92. The number of benzene rings is 2. The van der Waals surface area contributed by atoms with E-state index < -0.39 is 0 Å². The minimum Gasteiger partial charge on any atom is -0.364 e. The van der Waals surface area contributed by atoms with E-state index in [0.717, 1.165) is 0 Å². The van der Waals surface area contributed by atoms with E-state index >= 15 is 0 Å². The smallest absolute Gasteiger partial charge is 0.0727 e. The molecule has 2 atom stereocenters. The second-order valence-corrected chi connectivity index (χ2v) is 6.96. The first-order valence-corrected chi connectivity index (χ1v) is 8.62. The van der Waals surface area contributed by atoms with E-state index in [1.54, 1.807) is 0 Å². The van der Waals surface area contributed by atoms with Gasteiger partial charge < -0.3 is 4.90 Å². The molecule has 0 fully saturated rings. The molecule has 1 nitrogen and oxygen atoms in total. The van der Waals surface area contributed by atoms with Gasteiger partial charge in [0.25, 0.3) is 0 Å². The second-order valence-electron chi connectivity index (χ2n) is 6.96.